The maximum Gasteiger partial charge on any atom is 0.274 e. The minimum Gasteiger partial charge on any atom is -0.342 e. The van der Waals surface area contributed by atoms with Crippen molar-refractivity contribution in [3.8, 4) is 0 Å². The molecule has 2 aromatic carbocycles. The van der Waals surface area contributed by atoms with Crippen LogP contribution in [0.1, 0.15) is 41.5 Å². The molecule has 2 amide bonds. The third-order valence-electron chi connectivity index (χ3n) is 4.69. The maximum absolute atomic E-state index is 12.8. The second-order valence-corrected chi connectivity index (χ2v) is 7.24. The molecule has 7 nitrogen and oxygen atoms in total. The summed E-state index contributed by atoms with van der Waals surface area (Å²) in [6, 6.07) is 12.4. The Morgan fingerprint density at radius 2 is 1.62 bits per heavy atom. The molecule has 0 saturated heterocycles. The number of hydrogen-bond acceptors (Lipinski definition) is 4. The van der Waals surface area contributed by atoms with E-state index in [1.54, 1.807) is 24.3 Å². The molecule has 0 bridgehead atoms. The Hall–Kier alpha value is -3.48. The molecule has 0 radical (unpaired) electrons. The highest BCUT2D eigenvalue weighted by molar-refractivity contribution is 6.06. The predicted molar refractivity (Wildman–Crippen MR) is 113 cm³/mol. The summed E-state index contributed by atoms with van der Waals surface area (Å²) in [6.07, 6.45) is 0. The van der Waals surface area contributed by atoms with Crippen LogP contribution in [0.5, 0.6) is 0 Å². The topological polar surface area (TPSA) is 93.1 Å². The smallest absolute Gasteiger partial charge is 0.274 e. The van der Waals surface area contributed by atoms with Crippen LogP contribution in [-0.2, 0) is 4.79 Å². The van der Waals surface area contributed by atoms with E-state index in [2.05, 4.69) is 15.7 Å². The van der Waals surface area contributed by atoms with Gasteiger partial charge in [0.05, 0.1) is 18.0 Å². The van der Waals surface area contributed by atoms with E-state index in [1.807, 2.05) is 45.9 Å². The molecule has 0 unspecified atom stereocenters. The first-order chi connectivity index (χ1) is 13.8. The Labute approximate surface area is 168 Å². The van der Waals surface area contributed by atoms with Gasteiger partial charge in [0.15, 0.2) is 5.69 Å². The summed E-state index contributed by atoms with van der Waals surface area (Å²) >= 11 is 0. The number of aryl methyl sites for hydroxylation is 2. The van der Waals surface area contributed by atoms with Crippen LogP contribution in [0.4, 0.5) is 5.69 Å². The van der Waals surface area contributed by atoms with E-state index < -0.39 is 5.91 Å². The fourth-order valence-electron chi connectivity index (χ4n) is 3.16. The number of nitrogens with one attached hydrogen (secondary N) is 2. The first-order valence-corrected chi connectivity index (χ1v) is 9.45. The maximum atomic E-state index is 12.8. The monoisotopic (exact) mass is 392 g/mol. The zero-order chi connectivity index (χ0) is 21.1. The molecule has 0 aliphatic carbocycles. The molecule has 0 aliphatic rings. The summed E-state index contributed by atoms with van der Waals surface area (Å²) in [6.45, 7) is 7.26. The van der Waals surface area contributed by atoms with Crippen molar-refractivity contribution >= 4 is 28.3 Å². The number of hydrogen-bond donors (Lipinski definition) is 2. The van der Waals surface area contributed by atoms with Gasteiger partial charge in [0.1, 0.15) is 0 Å². The highest BCUT2D eigenvalue weighted by atomic mass is 16.2. The number of carbonyl (C=O) groups is 2. The lowest BCUT2D eigenvalue weighted by Gasteiger charge is -2.14. The highest BCUT2D eigenvalue weighted by Gasteiger charge is 2.18. The molecule has 0 saturated carbocycles. The summed E-state index contributed by atoms with van der Waals surface area (Å²) in [5, 5.41) is 10.6. The summed E-state index contributed by atoms with van der Waals surface area (Å²) in [5.74, 6) is -0.843. The number of amides is 2. The molecule has 0 spiro atoms. The van der Waals surface area contributed by atoms with E-state index in [-0.39, 0.29) is 29.7 Å². The van der Waals surface area contributed by atoms with E-state index in [0.717, 1.165) is 16.8 Å². The van der Waals surface area contributed by atoms with Gasteiger partial charge in [-0.25, -0.2) is 4.68 Å². The van der Waals surface area contributed by atoms with Crippen molar-refractivity contribution in [2.75, 3.05) is 11.9 Å². The van der Waals surface area contributed by atoms with Crippen LogP contribution in [0.3, 0.4) is 0 Å². The second kappa shape index (κ2) is 8.26. The number of rotatable bonds is 5. The van der Waals surface area contributed by atoms with E-state index in [4.69, 9.17) is 0 Å². The molecule has 3 aromatic rings. The van der Waals surface area contributed by atoms with Crippen molar-refractivity contribution < 1.29 is 9.59 Å². The number of benzene rings is 2. The van der Waals surface area contributed by atoms with Crippen molar-refractivity contribution in [2.45, 2.75) is 33.7 Å². The molecule has 1 heterocycles. The standard InChI is InChI=1S/C22H24N4O3/c1-13(2)26-22(29)17-11-6-5-10-16(17)20(25-26)21(28)23-12-18(27)24-19-14(3)8-7-9-15(19)4/h5-11,13H,12H2,1-4H3,(H,23,28)(H,24,27). The third kappa shape index (κ3) is 4.18. The average molecular weight is 392 g/mol. The van der Waals surface area contributed by atoms with Crippen LogP contribution in [0.2, 0.25) is 0 Å². The molecule has 3 rings (SSSR count). The number of anilines is 1. The van der Waals surface area contributed by atoms with Crippen LogP contribution in [-0.4, -0.2) is 28.1 Å². The summed E-state index contributed by atoms with van der Waals surface area (Å²) in [7, 11) is 0. The van der Waals surface area contributed by atoms with E-state index in [0.29, 0.717) is 10.8 Å². The van der Waals surface area contributed by atoms with Gasteiger partial charge in [-0.2, -0.15) is 5.10 Å². The van der Waals surface area contributed by atoms with Gasteiger partial charge in [0.25, 0.3) is 11.5 Å². The van der Waals surface area contributed by atoms with Gasteiger partial charge in [-0.3, -0.25) is 14.4 Å². The van der Waals surface area contributed by atoms with Crippen LogP contribution in [0.25, 0.3) is 10.8 Å². The number of aromatic nitrogens is 2. The minimum absolute atomic E-state index is 0.119. The lowest BCUT2D eigenvalue weighted by molar-refractivity contribution is -0.115. The molecule has 29 heavy (non-hydrogen) atoms. The average Bonchev–Trinajstić information content (AvgIpc) is 2.69. The largest absolute Gasteiger partial charge is 0.342 e. The first kappa shape index (κ1) is 20.3. The fourth-order valence-corrected chi connectivity index (χ4v) is 3.16. The van der Waals surface area contributed by atoms with Gasteiger partial charge in [-0.15, -0.1) is 0 Å². The molecule has 0 fully saturated rings. The lowest BCUT2D eigenvalue weighted by Crippen LogP contribution is -2.35. The number of fused-ring (bicyclic) bond motifs is 1. The lowest BCUT2D eigenvalue weighted by atomic mass is 10.1. The molecule has 1 aromatic heterocycles. The number of carbonyl (C=O) groups excluding carboxylic acids is 2. The Balaban J connectivity index is 1.82. The SMILES string of the molecule is Cc1cccc(C)c1NC(=O)CNC(=O)c1nn(C(C)C)c(=O)c2ccccc12. The number of nitrogens with zero attached hydrogens (tertiary/aromatic N) is 2. The van der Waals surface area contributed by atoms with Gasteiger partial charge in [-0.1, -0.05) is 36.4 Å². The molecular weight excluding hydrogens is 368 g/mol. The molecule has 7 heteroatoms. The highest BCUT2D eigenvalue weighted by Crippen LogP contribution is 2.19. The normalized spacial score (nSPS) is 10.9. The van der Waals surface area contributed by atoms with Crippen molar-refractivity contribution in [1.29, 1.82) is 0 Å². The van der Waals surface area contributed by atoms with E-state index in [1.165, 1.54) is 4.68 Å². The minimum atomic E-state index is -0.507. The summed E-state index contributed by atoms with van der Waals surface area (Å²) in [5.41, 5.74) is 2.50. The van der Waals surface area contributed by atoms with E-state index in [9.17, 15) is 14.4 Å². The molecular formula is C22H24N4O3. The van der Waals surface area contributed by atoms with E-state index >= 15 is 0 Å². The van der Waals surface area contributed by atoms with Gasteiger partial charge in [0.2, 0.25) is 5.91 Å². The zero-order valence-corrected chi connectivity index (χ0v) is 16.9. The van der Waals surface area contributed by atoms with Crippen molar-refractivity contribution in [3.63, 3.8) is 0 Å². The molecule has 0 aliphatic heterocycles. The molecule has 150 valence electrons. The zero-order valence-electron chi connectivity index (χ0n) is 16.9. The summed E-state index contributed by atoms with van der Waals surface area (Å²) in [4.78, 5) is 37.7. The Bertz CT molecular complexity index is 1130. The van der Waals surface area contributed by atoms with Crippen LogP contribution < -0.4 is 16.2 Å². The first-order valence-electron chi connectivity index (χ1n) is 9.45. The van der Waals surface area contributed by atoms with Crippen molar-refractivity contribution in [3.05, 3.63) is 69.6 Å². The van der Waals surface area contributed by atoms with Crippen LogP contribution in [0, 0.1) is 13.8 Å². The second-order valence-electron chi connectivity index (χ2n) is 7.24. The van der Waals surface area contributed by atoms with Gasteiger partial charge in [0, 0.05) is 11.1 Å². The Kier molecular flexibility index (Phi) is 5.77. The Morgan fingerprint density at radius 1 is 1.00 bits per heavy atom. The quantitative estimate of drug-likeness (QED) is 0.698. The molecule has 2 N–H and O–H groups in total. The van der Waals surface area contributed by atoms with Crippen molar-refractivity contribution in [1.82, 2.24) is 15.1 Å². The van der Waals surface area contributed by atoms with Gasteiger partial charge >= 0.3 is 0 Å². The fraction of sp³-hybridized carbons (Fsp3) is 0.273. The van der Waals surface area contributed by atoms with Crippen molar-refractivity contribution in [2.24, 2.45) is 0 Å². The van der Waals surface area contributed by atoms with Crippen LogP contribution in [0.15, 0.2) is 47.3 Å². The predicted octanol–water partition coefficient (Wildman–Crippen LogP) is 2.96. The Morgan fingerprint density at radius 3 is 2.24 bits per heavy atom. The van der Waals surface area contributed by atoms with Gasteiger partial charge in [-0.05, 0) is 44.9 Å². The molecule has 0 atom stereocenters. The van der Waals surface area contributed by atoms with Gasteiger partial charge < -0.3 is 10.6 Å². The van der Waals surface area contributed by atoms with Crippen LogP contribution >= 0.6 is 0 Å². The number of para-hydroxylation sites is 1. The summed E-state index contributed by atoms with van der Waals surface area (Å²) < 4.78 is 1.29. The third-order valence-corrected chi connectivity index (χ3v) is 4.69.